The van der Waals surface area contributed by atoms with E-state index >= 15 is 0 Å². The minimum absolute atomic E-state index is 0.0353. The molecule has 0 amide bonds. The third kappa shape index (κ3) is 3.84. The van der Waals surface area contributed by atoms with Gasteiger partial charge in [0.25, 0.3) is 5.56 Å². The summed E-state index contributed by atoms with van der Waals surface area (Å²) in [7, 11) is -3.62. The zero-order valence-electron chi connectivity index (χ0n) is 14.6. The SMILES string of the molecule is O=c1nc(-c2cccc(CNS(=O)(=O)c3ccccc3)n2)sc2ccccc12. The topological polar surface area (TPSA) is 89.0 Å². The van der Waals surface area contributed by atoms with E-state index in [-0.39, 0.29) is 17.0 Å². The van der Waals surface area contributed by atoms with Gasteiger partial charge in [-0.3, -0.25) is 4.79 Å². The normalized spacial score (nSPS) is 11.6. The maximum atomic E-state index is 12.4. The lowest BCUT2D eigenvalue weighted by Crippen LogP contribution is -2.23. The number of pyridine rings is 1. The number of sulfonamides is 1. The number of benzene rings is 2. The minimum atomic E-state index is -3.62. The predicted octanol–water partition coefficient (Wildman–Crippen LogP) is 3.20. The average Bonchev–Trinajstić information content (AvgIpc) is 2.73. The molecule has 0 unspecified atom stereocenters. The van der Waals surface area contributed by atoms with Crippen molar-refractivity contribution in [1.82, 2.24) is 14.7 Å². The number of nitrogens with zero attached hydrogens (tertiary/aromatic N) is 2. The van der Waals surface area contributed by atoms with Crippen LogP contribution in [-0.2, 0) is 16.6 Å². The molecule has 6 nitrogen and oxygen atoms in total. The number of aromatic nitrogens is 2. The summed E-state index contributed by atoms with van der Waals surface area (Å²) >= 11 is 1.37. The summed E-state index contributed by atoms with van der Waals surface area (Å²) in [5.74, 6) is 0. The van der Waals surface area contributed by atoms with Crippen LogP contribution in [-0.4, -0.2) is 18.4 Å². The van der Waals surface area contributed by atoms with Crippen molar-refractivity contribution in [3.63, 3.8) is 0 Å². The quantitative estimate of drug-likeness (QED) is 0.547. The standard InChI is InChI=1S/C20H15N3O3S2/c24-19-16-10-4-5-12-18(16)27-20(23-19)17-11-6-7-14(22-17)13-21-28(25,26)15-8-2-1-3-9-15/h1-12,21H,13H2. The van der Waals surface area contributed by atoms with Crippen LogP contribution in [0.2, 0.25) is 0 Å². The van der Waals surface area contributed by atoms with Gasteiger partial charge in [0.05, 0.1) is 28.2 Å². The molecule has 1 N–H and O–H groups in total. The van der Waals surface area contributed by atoms with Gasteiger partial charge < -0.3 is 0 Å². The lowest BCUT2D eigenvalue weighted by molar-refractivity contribution is 0.580. The summed E-state index contributed by atoms with van der Waals surface area (Å²) in [6.07, 6.45) is 0. The first-order chi connectivity index (χ1) is 13.5. The summed E-state index contributed by atoms with van der Waals surface area (Å²) in [5, 5.41) is 1.07. The van der Waals surface area contributed by atoms with Crippen LogP contribution in [0.1, 0.15) is 5.69 Å². The van der Waals surface area contributed by atoms with E-state index in [0.717, 1.165) is 4.70 Å². The van der Waals surface area contributed by atoms with Crippen LogP contribution >= 0.6 is 11.3 Å². The maximum absolute atomic E-state index is 12.4. The highest BCUT2D eigenvalue weighted by molar-refractivity contribution is 7.89. The van der Waals surface area contributed by atoms with Crippen LogP contribution in [0.5, 0.6) is 0 Å². The Morgan fingerprint density at radius 1 is 0.857 bits per heavy atom. The van der Waals surface area contributed by atoms with Crippen LogP contribution in [0.4, 0.5) is 0 Å². The Kier molecular flexibility index (Phi) is 4.99. The molecule has 4 rings (SSSR count). The van der Waals surface area contributed by atoms with Gasteiger partial charge in [0.2, 0.25) is 10.0 Å². The highest BCUT2D eigenvalue weighted by atomic mass is 32.2. The summed E-state index contributed by atoms with van der Waals surface area (Å²) in [6, 6.07) is 20.7. The second-order valence-electron chi connectivity index (χ2n) is 5.97. The zero-order chi connectivity index (χ0) is 19.6. The van der Waals surface area contributed by atoms with Gasteiger partial charge in [0.1, 0.15) is 5.01 Å². The van der Waals surface area contributed by atoms with Gasteiger partial charge >= 0.3 is 0 Å². The van der Waals surface area contributed by atoms with Crippen molar-refractivity contribution in [1.29, 1.82) is 0 Å². The third-order valence-electron chi connectivity index (χ3n) is 4.05. The largest absolute Gasteiger partial charge is 0.279 e. The van der Waals surface area contributed by atoms with Crippen LogP contribution in [0, 0.1) is 0 Å². The number of rotatable bonds is 5. The fourth-order valence-corrected chi connectivity index (χ4v) is 4.66. The molecule has 140 valence electrons. The van der Waals surface area contributed by atoms with Gasteiger partial charge in [0.15, 0.2) is 0 Å². The Balaban J connectivity index is 1.61. The van der Waals surface area contributed by atoms with Crippen molar-refractivity contribution < 1.29 is 8.42 Å². The lowest BCUT2D eigenvalue weighted by atomic mass is 10.3. The number of hydrogen-bond acceptors (Lipinski definition) is 6. The van der Waals surface area contributed by atoms with Crippen molar-refractivity contribution in [2.24, 2.45) is 0 Å². The average molecular weight is 409 g/mol. The predicted molar refractivity (Wildman–Crippen MR) is 110 cm³/mol. The third-order valence-corrected chi connectivity index (χ3v) is 6.54. The molecule has 2 aromatic heterocycles. The van der Waals surface area contributed by atoms with E-state index in [4.69, 9.17) is 0 Å². The molecule has 4 aromatic rings. The first-order valence-electron chi connectivity index (χ1n) is 8.44. The summed E-state index contributed by atoms with van der Waals surface area (Å²) < 4.78 is 28.1. The summed E-state index contributed by atoms with van der Waals surface area (Å²) in [4.78, 5) is 21.0. The molecule has 0 saturated heterocycles. The molecule has 2 heterocycles. The number of hydrogen-bond donors (Lipinski definition) is 1. The van der Waals surface area contributed by atoms with E-state index in [1.54, 1.807) is 48.5 Å². The second kappa shape index (κ2) is 7.59. The first kappa shape index (κ1) is 18.4. The van der Waals surface area contributed by atoms with Crippen LogP contribution in [0.15, 0.2) is 82.5 Å². The van der Waals surface area contributed by atoms with Gasteiger partial charge in [-0.1, -0.05) is 36.4 Å². The fourth-order valence-electron chi connectivity index (χ4n) is 2.67. The first-order valence-corrected chi connectivity index (χ1v) is 10.7. The molecule has 0 bridgehead atoms. The highest BCUT2D eigenvalue weighted by Crippen LogP contribution is 2.24. The van der Waals surface area contributed by atoms with Gasteiger partial charge in [-0.05, 0) is 36.4 Å². The minimum Gasteiger partial charge on any atom is -0.267 e. The van der Waals surface area contributed by atoms with Gasteiger partial charge in [-0.25, -0.2) is 18.1 Å². The molecule has 8 heteroatoms. The van der Waals surface area contributed by atoms with Crippen molar-refractivity contribution in [2.45, 2.75) is 11.4 Å². The Morgan fingerprint density at radius 2 is 1.61 bits per heavy atom. The highest BCUT2D eigenvalue weighted by Gasteiger charge is 2.14. The van der Waals surface area contributed by atoms with Gasteiger partial charge in [0, 0.05) is 4.70 Å². The Morgan fingerprint density at radius 3 is 2.43 bits per heavy atom. The molecule has 0 atom stereocenters. The van der Waals surface area contributed by atoms with Crippen LogP contribution in [0.25, 0.3) is 20.8 Å². The van der Waals surface area contributed by atoms with Crippen molar-refractivity contribution in [3.05, 3.63) is 88.8 Å². The lowest BCUT2D eigenvalue weighted by Gasteiger charge is -2.07. The molecule has 0 fully saturated rings. The van der Waals surface area contributed by atoms with E-state index in [9.17, 15) is 13.2 Å². The van der Waals surface area contributed by atoms with E-state index in [0.29, 0.717) is 21.8 Å². The summed E-state index contributed by atoms with van der Waals surface area (Å²) in [6.45, 7) is 0.0353. The maximum Gasteiger partial charge on any atom is 0.279 e. The number of nitrogens with one attached hydrogen (secondary N) is 1. The Labute approximate surface area is 165 Å². The van der Waals surface area contributed by atoms with Crippen molar-refractivity contribution in [2.75, 3.05) is 0 Å². The molecular formula is C20H15N3O3S2. The Bertz CT molecular complexity index is 1300. The molecule has 0 saturated carbocycles. The molecule has 0 aliphatic rings. The number of fused-ring (bicyclic) bond motifs is 1. The van der Waals surface area contributed by atoms with Crippen molar-refractivity contribution >= 4 is 31.4 Å². The zero-order valence-corrected chi connectivity index (χ0v) is 16.2. The fraction of sp³-hybridized carbons (Fsp3) is 0.0500. The van der Waals surface area contributed by atoms with Crippen LogP contribution in [0.3, 0.4) is 0 Å². The molecule has 2 aromatic carbocycles. The van der Waals surface area contributed by atoms with E-state index in [1.165, 1.54) is 23.5 Å². The second-order valence-corrected chi connectivity index (χ2v) is 8.77. The molecule has 0 aliphatic heterocycles. The molecule has 0 spiro atoms. The van der Waals surface area contributed by atoms with E-state index < -0.39 is 10.0 Å². The summed E-state index contributed by atoms with van der Waals surface area (Å²) in [5.41, 5.74) is 0.761. The molecule has 28 heavy (non-hydrogen) atoms. The van der Waals surface area contributed by atoms with Gasteiger partial charge in [-0.15, -0.1) is 11.3 Å². The molecular weight excluding hydrogens is 394 g/mol. The van der Waals surface area contributed by atoms with E-state index in [2.05, 4.69) is 14.7 Å². The molecule has 0 aliphatic carbocycles. The Hall–Kier alpha value is -2.94. The van der Waals surface area contributed by atoms with Gasteiger partial charge in [-0.2, -0.15) is 4.98 Å². The van der Waals surface area contributed by atoms with Crippen LogP contribution < -0.4 is 10.3 Å². The smallest absolute Gasteiger partial charge is 0.267 e. The monoisotopic (exact) mass is 409 g/mol. The molecule has 0 radical (unpaired) electrons. The van der Waals surface area contributed by atoms with E-state index in [1.807, 2.05) is 12.1 Å². The van der Waals surface area contributed by atoms with Crippen molar-refractivity contribution in [3.8, 4) is 10.7 Å².